The summed E-state index contributed by atoms with van der Waals surface area (Å²) in [5.41, 5.74) is 2.90. The zero-order chi connectivity index (χ0) is 22.5. The van der Waals surface area contributed by atoms with Gasteiger partial charge in [0.2, 0.25) is 11.8 Å². The minimum Gasteiger partial charge on any atom is -0.417 e. The fourth-order valence-corrected chi connectivity index (χ4v) is 2.85. The zero-order valence-electron chi connectivity index (χ0n) is 17.3. The largest absolute Gasteiger partial charge is 0.417 e. The number of carbonyl (C=O) groups is 1. The third kappa shape index (κ3) is 5.71. The lowest BCUT2D eigenvalue weighted by molar-refractivity contribution is -0.124. The highest BCUT2D eigenvalue weighted by atomic mass is 19.3. The van der Waals surface area contributed by atoms with Gasteiger partial charge in [-0.25, -0.2) is 9.97 Å². The molecule has 162 valence electrons. The van der Waals surface area contributed by atoms with Crippen molar-refractivity contribution in [3.05, 3.63) is 64.1 Å². The number of carbonyl (C=O) groups excluding carboxylic acids is 1. The average molecular weight is 428 g/mol. The lowest BCUT2D eigenvalue weighted by Gasteiger charge is -2.12. The number of halogens is 2. The predicted octanol–water partition coefficient (Wildman–Crippen LogP) is 3.68. The Bertz CT molecular complexity index is 1130. The van der Waals surface area contributed by atoms with Crippen LogP contribution in [0.3, 0.4) is 0 Å². The number of amides is 1. The van der Waals surface area contributed by atoms with E-state index in [9.17, 15) is 18.4 Å². The average Bonchev–Trinajstić information content (AvgIpc) is 2.72. The van der Waals surface area contributed by atoms with E-state index in [1.165, 1.54) is 24.4 Å². The number of rotatable bonds is 7. The van der Waals surface area contributed by atoms with Crippen LogP contribution in [-0.4, -0.2) is 27.5 Å². The summed E-state index contributed by atoms with van der Waals surface area (Å²) in [6.07, 6.45) is 1.31. The first kappa shape index (κ1) is 22.1. The van der Waals surface area contributed by atoms with Crippen molar-refractivity contribution in [1.29, 1.82) is 0 Å². The summed E-state index contributed by atoms with van der Waals surface area (Å²) in [5, 5.41) is 2.86. The van der Waals surface area contributed by atoms with Gasteiger partial charge < -0.3 is 15.0 Å². The van der Waals surface area contributed by atoms with Crippen LogP contribution in [0, 0.1) is 12.8 Å². The number of aromatic nitrogens is 3. The van der Waals surface area contributed by atoms with Gasteiger partial charge in [-0.05, 0) is 30.2 Å². The quantitative estimate of drug-likeness (QED) is 0.598. The predicted molar refractivity (Wildman–Crippen MR) is 112 cm³/mol. The Morgan fingerprint density at radius 3 is 2.61 bits per heavy atom. The van der Waals surface area contributed by atoms with Crippen LogP contribution in [0.4, 0.5) is 8.78 Å². The molecule has 7 nitrogen and oxygen atoms in total. The van der Waals surface area contributed by atoms with E-state index in [2.05, 4.69) is 25.0 Å². The Morgan fingerprint density at radius 1 is 1.19 bits per heavy atom. The van der Waals surface area contributed by atoms with Crippen LogP contribution in [0.5, 0.6) is 5.88 Å². The van der Waals surface area contributed by atoms with E-state index in [1.807, 2.05) is 39.0 Å². The highest BCUT2D eigenvalue weighted by Gasteiger charge is 2.12. The topological polar surface area (TPSA) is 97.0 Å². The molecular weight excluding hydrogens is 406 g/mol. The van der Waals surface area contributed by atoms with Crippen LogP contribution in [0.15, 0.2) is 47.4 Å². The molecule has 2 N–H and O–H groups in total. The summed E-state index contributed by atoms with van der Waals surface area (Å²) >= 11 is 0. The number of nitrogens with one attached hydrogen (secondary N) is 2. The fourth-order valence-electron chi connectivity index (χ4n) is 2.85. The van der Waals surface area contributed by atoms with Gasteiger partial charge in [-0.3, -0.25) is 9.59 Å². The van der Waals surface area contributed by atoms with E-state index in [4.69, 9.17) is 0 Å². The van der Waals surface area contributed by atoms with Crippen molar-refractivity contribution in [2.24, 2.45) is 5.92 Å². The summed E-state index contributed by atoms with van der Waals surface area (Å²) in [7, 11) is 0. The molecule has 9 heteroatoms. The van der Waals surface area contributed by atoms with Crippen molar-refractivity contribution in [2.75, 3.05) is 0 Å². The van der Waals surface area contributed by atoms with Crippen LogP contribution in [-0.2, 0) is 11.3 Å². The van der Waals surface area contributed by atoms with Crippen molar-refractivity contribution in [3.63, 3.8) is 0 Å². The van der Waals surface area contributed by atoms with Crippen LogP contribution in [0.25, 0.3) is 22.6 Å². The number of hydrogen-bond acceptors (Lipinski definition) is 5. The molecule has 0 saturated carbocycles. The molecule has 0 fully saturated rings. The Morgan fingerprint density at radius 2 is 1.97 bits per heavy atom. The van der Waals surface area contributed by atoms with Gasteiger partial charge >= 0.3 is 6.61 Å². The minimum absolute atomic E-state index is 0.0533. The molecule has 0 spiro atoms. The van der Waals surface area contributed by atoms with Crippen molar-refractivity contribution in [2.45, 2.75) is 33.9 Å². The van der Waals surface area contributed by atoms with E-state index >= 15 is 0 Å². The van der Waals surface area contributed by atoms with Gasteiger partial charge in [0.05, 0.1) is 5.69 Å². The number of H-pyrrole nitrogens is 1. The summed E-state index contributed by atoms with van der Waals surface area (Å²) in [4.78, 5) is 35.2. The van der Waals surface area contributed by atoms with Crippen molar-refractivity contribution in [1.82, 2.24) is 20.3 Å². The molecule has 0 unspecified atom stereocenters. The van der Waals surface area contributed by atoms with Gasteiger partial charge in [-0.15, -0.1) is 0 Å². The zero-order valence-corrected chi connectivity index (χ0v) is 17.3. The first-order chi connectivity index (χ1) is 14.7. The number of hydrogen-bond donors (Lipinski definition) is 2. The third-order valence-electron chi connectivity index (χ3n) is 4.53. The molecule has 0 aliphatic heterocycles. The van der Waals surface area contributed by atoms with Crippen LogP contribution < -0.4 is 15.6 Å². The first-order valence-electron chi connectivity index (χ1n) is 9.63. The molecule has 1 aromatic carbocycles. The number of alkyl halides is 2. The molecule has 2 aromatic heterocycles. The molecule has 0 saturated heterocycles. The number of nitrogens with zero attached hydrogens (tertiary/aromatic N) is 2. The second kappa shape index (κ2) is 9.46. The molecule has 1 amide bonds. The Kier molecular flexibility index (Phi) is 6.74. The Hall–Kier alpha value is -3.62. The van der Waals surface area contributed by atoms with E-state index in [0.717, 1.165) is 11.1 Å². The van der Waals surface area contributed by atoms with Gasteiger partial charge in [-0.1, -0.05) is 26.0 Å². The fraction of sp³-hybridized carbons (Fsp3) is 0.273. The minimum atomic E-state index is -2.97. The van der Waals surface area contributed by atoms with Crippen molar-refractivity contribution < 1.29 is 18.3 Å². The molecule has 3 aromatic rings. The summed E-state index contributed by atoms with van der Waals surface area (Å²) in [5.74, 6) is -0.0473. The maximum atomic E-state index is 12.3. The van der Waals surface area contributed by atoms with Crippen molar-refractivity contribution >= 4 is 5.91 Å². The van der Waals surface area contributed by atoms with Crippen LogP contribution >= 0.6 is 0 Å². The van der Waals surface area contributed by atoms with E-state index in [1.54, 1.807) is 0 Å². The molecule has 0 aliphatic rings. The smallest absolute Gasteiger partial charge is 0.388 e. The Balaban J connectivity index is 1.91. The van der Waals surface area contributed by atoms with Gasteiger partial charge in [-0.2, -0.15) is 8.78 Å². The van der Waals surface area contributed by atoms with Gasteiger partial charge in [0.25, 0.3) is 5.56 Å². The highest BCUT2D eigenvalue weighted by Crippen LogP contribution is 2.24. The summed E-state index contributed by atoms with van der Waals surface area (Å²) in [6, 6.07) is 9.73. The van der Waals surface area contributed by atoms with Crippen LogP contribution in [0.2, 0.25) is 0 Å². The summed E-state index contributed by atoms with van der Waals surface area (Å²) in [6.45, 7) is 2.90. The van der Waals surface area contributed by atoms with Crippen molar-refractivity contribution in [3.8, 4) is 28.5 Å². The first-order valence-corrected chi connectivity index (χ1v) is 9.63. The van der Waals surface area contributed by atoms with Crippen LogP contribution in [0.1, 0.15) is 25.0 Å². The molecule has 0 radical (unpaired) electrons. The molecular formula is C22H22F2N4O3. The Labute approximate surface area is 177 Å². The number of aromatic amines is 1. The van der Waals surface area contributed by atoms with E-state index in [0.29, 0.717) is 29.2 Å². The summed E-state index contributed by atoms with van der Waals surface area (Å²) < 4.78 is 28.8. The molecule has 0 atom stereocenters. The lowest BCUT2D eigenvalue weighted by atomic mass is 10.0. The lowest BCUT2D eigenvalue weighted by Crippen LogP contribution is -2.27. The third-order valence-corrected chi connectivity index (χ3v) is 4.53. The van der Waals surface area contributed by atoms with E-state index in [-0.39, 0.29) is 23.3 Å². The monoisotopic (exact) mass is 428 g/mol. The standard InChI is InChI=1S/C22H22F2N4O3/c1-12(2)21(30)26-10-14-5-4-13(3)16(8-14)20-27-17(9-18(29)28-20)15-6-7-19(25-11-15)31-22(23)24/h4-9,11-12,22H,10H2,1-3H3,(H,26,30)(H,27,28,29). The molecule has 31 heavy (non-hydrogen) atoms. The number of benzene rings is 1. The molecule has 0 aliphatic carbocycles. The maximum Gasteiger partial charge on any atom is 0.388 e. The second-order valence-electron chi connectivity index (χ2n) is 7.26. The van der Waals surface area contributed by atoms with Gasteiger partial charge in [0.15, 0.2) is 0 Å². The highest BCUT2D eigenvalue weighted by molar-refractivity contribution is 5.77. The molecule has 0 bridgehead atoms. The number of aryl methyl sites for hydroxylation is 1. The molecule has 3 rings (SSSR count). The maximum absolute atomic E-state index is 12.3. The molecule has 2 heterocycles. The SMILES string of the molecule is Cc1ccc(CNC(=O)C(C)C)cc1-c1nc(-c2ccc(OC(F)F)nc2)cc(=O)[nH]1. The second-order valence-corrected chi connectivity index (χ2v) is 7.26. The number of pyridine rings is 1. The normalized spacial score (nSPS) is 11.1. The van der Waals surface area contributed by atoms with E-state index < -0.39 is 6.61 Å². The van der Waals surface area contributed by atoms with Gasteiger partial charge in [0, 0.05) is 41.9 Å². The number of ether oxygens (including phenoxy) is 1. The van der Waals surface area contributed by atoms with Gasteiger partial charge in [0.1, 0.15) is 5.82 Å².